The van der Waals surface area contributed by atoms with Crippen LogP contribution in [0.2, 0.25) is 0 Å². The third-order valence-electron chi connectivity index (χ3n) is 6.08. The number of piperidine rings is 1. The van der Waals surface area contributed by atoms with Crippen molar-refractivity contribution in [2.75, 3.05) is 36.0 Å². The summed E-state index contributed by atoms with van der Waals surface area (Å²) in [6, 6.07) is 11.8. The van der Waals surface area contributed by atoms with E-state index in [1.54, 1.807) is 0 Å². The fourth-order valence-electron chi connectivity index (χ4n) is 4.59. The highest BCUT2D eigenvalue weighted by molar-refractivity contribution is 7.11. The lowest BCUT2D eigenvalue weighted by Crippen LogP contribution is -2.34. The van der Waals surface area contributed by atoms with Crippen molar-refractivity contribution in [1.82, 2.24) is 4.90 Å². The number of likely N-dealkylation sites (tertiary alicyclic amines) is 1. The van der Waals surface area contributed by atoms with Gasteiger partial charge in [0.15, 0.2) is 0 Å². The maximum atomic E-state index is 13.4. The van der Waals surface area contributed by atoms with Gasteiger partial charge in [-0.15, -0.1) is 11.3 Å². The largest absolute Gasteiger partial charge is 0.372 e. The number of benzene rings is 1. The van der Waals surface area contributed by atoms with E-state index >= 15 is 0 Å². The maximum Gasteiger partial charge on any atom is 0.282 e. The zero-order valence-corrected chi connectivity index (χ0v) is 17.3. The first-order valence-electron chi connectivity index (χ1n) is 10.5. The van der Waals surface area contributed by atoms with Gasteiger partial charge < -0.3 is 9.80 Å². The number of rotatable bonds is 4. The number of amides is 2. The molecule has 0 bridgehead atoms. The fraction of sp³-hybridized carbons (Fsp3) is 0.391. The molecule has 0 N–H and O–H groups in total. The minimum Gasteiger partial charge on any atom is -0.372 e. The molecule has 2 saturated heterocycles. The molecule has 3 aliphatic heterocycles. The second-order valence-electron chi connectivity index (χ2n) is 7.90. The molecule has 0 radical (unpaired) electrons. The van der Waals surface area contributed by atoms with Crippen molar-refractivity contribution in [2.45, 2.75) is 32.1 Å². The van der Waals surface area contributed by atoms with Crippen LogP contribution >= 0.6 is 11.3 Å². The number of nitrogens with zero attached hydrogens (tertiary/aromatic N) is 3. The average molecular weight is 408 g/mol. The Bertz CT molecular complexity index is 937. The standard InChI is InChI=1S/C23H25N3O2S/c27-22-20(19-7-6-16-29-19)21(25-14-4-5-15-25)23(28)26(22)18-10-8-17(9-11-18)24-12-2-1-3-13-24/h6-11,16H,1-5,12-15H2. The number of thiophene rings is 1. The van der Waals surface area contributed by atoms with E-state index in [0.717, 1.165) is 43.9 Å². The molecule has 29 heavy (non-hydrogen) atoms. The zero-order valence-electron chi connectivity index (χ0n) is 16.5. The lowest BCUT2D eigenvalue weighted by molar-refractivity contribution is -0.120. The molecule has 5 rings (SSSR count). The molecule has 6 heteroatoms. The number of anilines is 2. The van der Waals surface area contributed by atoms with Crippen LogP contribution in [0.15, 0.2) is 47.5 Å². The maximum absolute atomic E-state index is 13.4. The Hall–Kier alpha value is -2.60. The van der Waals surface area contributed by atoms with Gasteiger partial charge in [-0.2, -0.15) is 0 Å². The summed E-state index contributed by atoms with van der Waals surface area (Å²) in [7, 11) is 0. The minimum absolute atomic E-state index is 0.189. The minimum atomic E-state index is -0.204. The van der Waals surface area contributed by atoms with E-state index in [2.05, 4.69) is 9.80 Å². The van der Waals surface area contributed by atoms with Crippen LogP contribution in [-0.2, 0) is 9.59 Å². The predicted octanol–water partition coefficient (Wildman–Crippen LogP) is 4.12. The molecule has 2 amide bonds. The van der Waals surface area contributed by atoms with Crippen LogP contribution in [0, 0.1) is 0 Å². The highest BCUT2D eigenvalue weighted by Crippen LogP contribution is 2.38. The fourth-order valence-corrected chi connectivity index (χ4v) is 5.36. The van der Waals surface area contributed by atoms with Crippen LogP contribution in [-0.4, -0.2) is 42.9 Å². The van der Waals surface area contributed by atoms with E-state index in [1.165, 1.54) is 41.2 Å². The van der Waals surface area contributed by atoms with Crippen molar-refractivity contribution in [3.05, 3.63) is 52.4 Å². The molecule has 2 aromatic rings. The second-order valence-corrected chi connectivity index (χ2v) is 8.85. The average Bonchev–Trinajstić information content (AvgIpc) is 3.50. The smallest absolute Gasteiger partial charge is 0.282 e. The van der Waals surface area contributed by atoms with Gasteiger partial charge in [-0.1, -0.05) is 6.07 Å². The third kappa shape index (κ3) is 3.25. The van der Waals surface area contributed by atoms with Gasteiger partial charge in [0.1, 0.15) is 5.70 Å². The van der Waals surface area contributed by atoms with Crippen molar-refractivity contribution in [3.63, 3.8) is 0 Å². The molecule has 0 spiro atoms. The molecule has 1 aromatic carbocycles. The molecule has 0 atom stereocenters. The highest BCUT2D eigenvalue weighted by Gasteiger charge is 2.43. The number of hydrogen-bond donors (Lipinski definition) is 0. The summed E-state index contributed by atoms with van der Waals surface area (Å²) >= 11 is 1.52. The second kappa shape index (κ2) is 7.67. The number of carbonyl (C=O) groups is 2. The van der Waals surface area contributed by atoms with Crippen LogP contribution in [0.1, 0.15) is 37.0 Å². The van der Waals surface area contributed by atoms with Gasteiger partial charge in [0, 0.05) is 36.7 Å². The first kappa shape index (κ1) is 18.4. The van der Waals surface area contributed by atoms with E-state index < -0.39 is 0 Å². The summed E-state index contributed by atoms with van der Waals surface area (Å²) in [6.07, 6.45) is 5.86. The molecule has 3 aliphatic rings. The number of imide groups is 1. The first-order valence-corrected chi connectivity index (χ1v) is 11.4. The first-order chi connectivity index (χ1) is 14.2. The van der Waals surface area contributed by atoms with Crippen LogP contribution in [0.25, 0.3) is 5.57 Å². The van der Waals surface area contributed by atoms with E-state index in [0.29, 0.717) is 17.0 Å². The van der Waals surface area contributed by atoms with E-state index in [-0.39, 0.29) is 11.8 Å². The number of carbonyl (C=O) groups excluding carboxylic acids is 2. The van der Waals surface area contributed by atoms with E-state index in [1.807, 2.05) is 41.8 Å². The molecule has 0 aliphatic carbocycles. The Morgan fingerprint density at radius 3 is 1.97 bits per heavy atom. The van der Waals surface area contributed by atoms with Gasteiger partial charge in [-0.25, -0.2) is 4.90 Å². The normalized spacial score (nSPS) is 20.3. The van der Waals surface area contributed by atoms with E-state index in [4.69, 9.17) is 0 Å². The topological polar surface area (TPSA) is 43.9 Å². The monoisotopic (exact) mass is 407 g/mol. The molecule has 150 valence electrons. The Morgan fingerprint density at radius 1 is 0.690 bits per heavy atom. The molecule has 0 unspecified atom stereocenters. The lowest BCUT2D eigenvalue weighted by atomic mass is 10.1. The Morgan fingerprint density at radius 2 is 1.31 bits per heavy atom. The molecular weight excluding hydrogens is 382 g/mol. The lowest BCUT2D eigenvalue weighted by Gasteiger charge is -2.29. The van der Waals surface area contributed by atoms with Crippen LogP contribution in [0.3, 0.4) is 0 Å². The van der Waals surface area contributed by atoms with Crippen LogP contribution in [0.5, 0.6) is 0 Å². The van der Waals surface area contributed by atoms with Crippen molar-refractivity contribution in [1.29, 1.82) is 0 Å². The molecular formula is C23H25N3O2S. The highest BCUT2D eigenvalue weighted by atomic mass is 32.1. The predicted molar refractivity (Wildman–Crippen MR) is 117 cm³/mol. The summed E-state index contributed by atoms with van der Waals surface area (Å²) in [5.74, 6) is -0.393. The van der Waals surface area contributed by atoms with Crippen molar-refractivity contribution < 1.29 is 9.59 Å². The summed E-state index contributed by atoms with van der Waals surface area (Å²) in [5.41, 5.74) is 2.96. The zero-order chi connectivity index (χ0) is 19.8. The van der Waals surface area contributed by atoms with Gasteiger partial charge in [0.2, 0.25) is 0 Å². The molecule has 2 fully saturated rings. The number of hydrogen-bond acceptors (Lipinski definition) is 5. The quantitative estimate of drug-likeness (QED) is 0.715. The van der Waals surface area contributed by atoms with Gasteiger partial charge in [0.25, 0.3) is 11.8 Å². The van der Waals surface area contributed by atoms with E-state index in [9.17, 15) is 9.59 Å². The molecule has 1 aromatic heterocycles. The summed E-state index contributed by atoms with van der Waals surface area (Å²) in [4.78, 5) is 33.5. The van der Waals surface area contributed by atoms with Gasteiger partial charge in [-0.05, 0) is 67.8 Å². The Kier molecular flexibility index (Phi) is 4.87. The summed E-state index contributed by atoms with van der Waals surface area (Å²) in [6.45, 7) is 3.82. The summed E-state index contributed by atoms with van der Waals surface area (Å²) in [5, 5.41) is 1.96. The van der Waals surface area contributed by atoms with Crippen molar-refractivity contribution in [3.8, 4) is 0 Å². The van der Waals surface area contributed by atoms with Crippen LogP contribution < -0.4 is 9.80 Å². The molecule has 5 nitrogen and oxygen atoms in total. The molecule has 4 heterocycles. The SMILES string of the molecule is O=C1C(c2cccs2)=C(N2CCCC2)C(=O)N1c1ccc(N2CCCCC2)cc1. The molecule has 0 saturated carbocycles. The Labute approximate surface area is 175 Å². The third-order valence-corrected chi connectivity index (χ3v) is 6.97. The van der Waals surface area contributed by atoms with Crippen molar-refractivity contribution >= 4 is 40.1 Å². The summed E-state index contributed by atoms with van der Waals surface area (Å²) < 4.78 is 0. The van der Waals surface area contributed by atoms with Crippen molar-refractivity contribution in [2.24, 2.45) is 0 Å². The van der Waals surface area contributed by atoms with Gasteiger partial charge in [-0.3, -0.25) is 9.59 Å². The Balaban J connectivity index is 1.47. The van der Waals surface area contributed by atoms with Crippen LogP contribution in [0.4, 0.5) is 11.4 Å². The van der Waals surface area contributed by atoms with Gasteiger partial charge >= 0.3 is 0 Å². The van der Waals surface area contributed by atoms with Gasteiger partial charge in [0.05, 0.1) is 11.3 Å².